The van der Waals surface area contributed by atoms with Gasteiger partial charge in [0.2, 0.25) is 5.54 Å². The molecule has 3 aliphatic heterocycles. The fraction of sp³-hybridized carbons (Fsp3) is 0.833. The number of aliphatic carboxylic acids is 1. The van der Waals surface area contributed by atoms with E-state index in [1.165, 1.54) is 0 Å². The number of halogens is 3. The number of carbonyl (C=O) groups excluding carboxylic acids is 1. The molecule has 3 N–H and O–H groups in total. The van der Waals surface area contributed by atoms with E-state index < -0.39 is 23.7 Å². The van der Waals surface area contributed by atoms with Gasteiger partial charge in [-0.1, -0.05) is 0 Å². The third-order valence-electron chi connectivity index (χ3n) is 4.33. The summed E-state index contributed by atoms with van der Waals surface area (Å²) in [5.41, 5.74) is -3.30. The summed E-state index contributed by atoms with van der Waals surface area (Å²) in [6.07, 6.45) is -3.30. The van der Waals surface area contributed by atoms with Crippen LogP contribution >= 0.6 is 0 Å². The molecule has 0 spiro atoms. The molecule has 2 unspecified atom stereocenters. The highest BCUT2D eigenvalue weighted by Crippen LogP contribution is 2.31. The van der Waals surface area contributed by atoms with E-state index in [1.807, 2.05) is 0 Å². The van der Waals surface area contributed by atoms with Crippen molar-refractivity contribution in [1.29, 1.82) is 0 Å². The van der Waals surface area contributed by atoms with Crippen LogP contribution in [0.15, 0.2) is 0 Å². The second kappa shape index (κ2) is 5.36. The fourth-order valence-corrected chi connectivity index (χ4v) is 2.81. The molecule has 0 saturated carbocycles. The number of piperidine rings is 3. The molecule has 21 heavy (non-hydrogen) atoms. The molecule has 3 heterocycles. The Morgan fingerprint density at radius 3 is 2.19 bits per heavy atom. The molecule has 0 aromatic rings. The first-order valence-electron chi connectivity index (χ1n) is 6.74. The lowest BCUT2D eigenvalue weighted by Crippen LogP contribution is -2.66. The lowest BCUT2D eigenvalue weighted by atomic mass is 9.84. The summed E-state index contributed by atoms with van der Waals surface area (Å²) in [7, 11) is 0. The van der Waals surface area contributed by atoms with E-state index in [0.717, 1.165) is 25.9 Å². The van der Waals surface area contributed by atoms with E-state index in [1.54, 1.807) is 5.32 Å². The minimum absolute atomic E-state index is 0.237. The minimum atomic E-state index is -5.08. The average Bonchev–Trinajstić information content (AvgIpc) is 2.38. The number of carboxylic acid groups (broad SMARTS) is 1. The summed E-state index contributed by atoms with van der Waals surface area (Å²) in [5.74, 6) is -1.90. The molecule has 9 heteroatoms. The number of urea groups is 1. The van der Waals surface area contributed by atoms with Crippen LogP contribution in [0.3, 0.4) is 0 Å². The maximum absolute atomic E-state index is 12.8. The first-order chi connectivity index (χ1) is 9.63. The highest BCUT2D eigenvalue weighted by molar-refractivity contribution is 5.86. The first-order valence-corrected chi connectivity index (χ1v) is 6.74. The number of hydrogen-bond acceptors (Lipinski definition) is 3. The van der Waals surface area contributed by atoms with E-state index in [9.17, 15) is 22.8 Å². The molecular weight excluding hydrogens is 291 g/mol. The molecule has 6 nitrogen and oxygen atoms in total. The van der Waals surface area contributed by atoms with Gasteiger partial charge in [-0.2, -0.15) is 13.2 Å². The molecule has 2 amide bonds. The molecule has 3 fully saturated rings. The van der Waals surface area contributed by atoms with E-state index in [-0.39, 0.29) is 12.0 Å². The van der Waals surface area contributed by atoms with Gasteiger partial charge in [0, 0.05) is 12.6 Å². The van der Waals surface area contributed by atoms with Crippen molar-refractivity contribution in [1.82, 2.24) is 15.5 Å². The van der Waals surface area contributed by atoms with Gasteiger partial charge in [0.05, 0.1) is 0 Å². The minimum Gasteiger partial charge on any atom is -0.479 e. The van der Waals surface area contributed by atoms with Gasteiger partial charge in [-0.25, -0.2) is 9.59 Å². The second-order valence-electron chi connectivity index (χ2n) is 5.77. The maximum Gasteiger partial charge on any atom is 0.422 e. The molecule has 120 valence electrons. The van der Waals surface area contributed by atoms with Crippen molar-refractivity contribution < 1.29 is 27.9 Å². The number of amides is 2. The molecule has 0 aromatic carbocycles. The van der Waals surface area contributed by atoms with Gasteiger partial charge in [-0.15, -0.1) is 0 Å². The maximum atomic E-state index is 12.8. The number of alkyl halides is 3. The van der Waals surface area contributed by atoms with Crippen LogP contribution < -0.4 is 10.6 Å². The Bertz CT molecular complexity index is 435. The molecular formula is C12H18F3N3O3. The first kappa shape index (κ1) is 15.9. The fourth-order valence-electron chi connectivity index (χ4n) is 2.81. The third-order valence-corrected chi connectivity index (χ3v) is 4.33. The van der Waals surface area contributed by atoms with Crippen LogP contribution in [0.4, 0.5) is 18.0 Å². The molecule has 2 bridgehead atoms. The monoisotopic (exact) mass is 309 g/mol. The van der Waals surface area contributed by atoms with Gasteiger partial charge in [0.1, 0.15) is 0 Å². The number of hydrogen-bond donors (Lipinski definition) is 3. The van der Waals surface area contributed by atoms with Gasteiger partial charge in [0.15, 0.2) is 0 Å². The van der Waals surface area contributed by atoms with Gasteiger partial charge in [0.25, 0.3) is 0 Å². The number of nitrogens with one attached hydrogen (secondary N) is 2. The van der Waals surface area contributed by atoms with Crippen molar-refractivity contribution in [3.63, 3.8) is 0 Å². The quantitative estimate of drug-likeness (QED) is 0.720. The third kappa shape index (κ3) is 3.07. The predicted molar refractivity (Wildman–Crippen MR) is 66.7 cm³/mol. The molecule has 0 radical (unpaired) electrons. The number of rotatable bonds is 3. The van der Waals surface area contributed by atoms with Gasteiger partial charge in [-0.05, 0) is 38.8 Å². The zero-order valence-corrected chi connectivity index (χ0v) is 11.5. The van der Waals surface area contributed by atoms with Crippen molar-refractivity contribution in [2.45, 2.75) is 37.5 Å². The summed E-state index contributed by atoms with van der Waals surface area (Å²) >= 11 is 0. The van der Waals surface area contributed by atoms with Gasteiger partial charge in [-0.3, -0.25) is 0 Å². The Morgan fingerprint density at radius 2 is 1.81 bits per heavy atom. The largest absolute Gasteiger partial charge is 0.479 e. The molecule has 0 aliphatic carbocycles. The smallest absolute Gasteiger partial charge is 0.422 e. The topological polar surface area (TPSA) is 81.7 Å². The summed E-state index contributed by atoms with van der Waals surface area (Å²) < 4.78 is 38.4. The second-order valence-corrected chi connectivity index (χ2v) is 5.77. The molecule has 3 saturated heterocycles. The molecule has 3 rings (SSSR count). The number of carboxylic acids is 1. The Kier molecular flexibility index (Phi) is 4.05. The highest BCUT2D eigenvalue weighted by atomic mass is 19.4. The van der Waals surface area contributed by atoms with E-state index in [2.05, 4.69) is 10.2 Å². The Labute approximate surface area is 119 Å². The SMILES string of the molecule is CC(NC(=O)NC1CN2CCC1CC2)(C(=O)O)C(F)(F)F. The molecule has 2 atom stereocenters. The number of nitrogens with zero attached hydrogens (tertiary/aromatic N) is 1. The zero-order valence-electron chi connectivity index (χ0n) is 11.5. The van der Waals surface area contributed by atoms with Crippen LogP contribution in [0.2, 0.25) is 0 Å². The van der Waals surface area contributed by atoms with Crippen molar-refractivity contribution in [3.8, 4) is 0 Å². The van der Waals surface area contributed by atoms with E-state index in [0.29, 0.717) is 13.5 Å². The average molecular weight is 309 g/mol. The summed E-state index contributed by atoms with van der Waals surface area (Å²) in [4.78, 5) is 24.7. The van der Waals surface area contributed by atoms with Crippen LogP contribution in [-0.2, 0) is 4.79 Å². The zero-order chi connectivity index (χ0) is 15.8. The molecule has 0 aromatic heterocycles. The normalized spacial score (nSPS) is 31.3. The van der Waals surface area contributed by atoms with Crippen LogP contribution in [0, 0.1) is 5.92 Å². The Hall–Kier alpha value is -1.51. The number of carbonyl (C=O) groups is 2. The highest BCUT2D eigenvalue weighted by Gasteiger charge is 2.58. The lowest BCUT2D eigenvalue weighted by Gasteiger charge is -2.45. The summed E-state index contributed by atoms with van der Waals surface area (Å²) in [6.45, 7) is 2.89. The van der Waals surface area contributed by atoms with E-state index in [4.69, 9.17) is 5.11 Å². The van der Waals surface area contributed by atoms with Gasteiger partial charge >= 0.3 is 18.2 Å². The number of fused-ring (bicyclic) bond motifs is 3. The standard InChI is InChI=1S/C12H18F3N3O3/c1-11(9(19)20,12(13,14)15)17-10(21)16-8-6-18-4-2-7(8)3-5-18/h7-8H,2-6H2,1H3,(H,19,20)(H2,16,17,21). The van der Waals surface area contributed by atoms with Gasteiger partial charge < -0.3 is 20.6 Å². The predicted octanol–water partition coefficient (Wildman–Crippen LogP) is 0.785. The summed E-state index contributed by atoms with van der Waals surface area (Å²) in [5, 5.41) is 12.8. The Balaban J connectivity index is 1.99. The van der Waals surface area contributed by atoms with Crippen LogP contribution in [0.25, 0.3) is 0 Å². The van der Waals surface area contributed by atoms with Crippen LogP contribution in [0.5, 0.6) is 0 Å². The van der Waals surface area contributed by atoms with Crippen molar-refractivity contribution >= 4 is 12.0 Å². The molecule has 3 aliphatic rings. The van der Waals surface area contributed by atoms with Crippen molar-refractivity contribution in [2.24, 2.45) is 5.92 Å². The van der Waals surface area contributed by atoms with Crippen molar-refractivity contribution in [2.75, 3.05) is 19.6 Å². The van der Waals surface area contributed by atoms with Crippen LogP contribution in [0.1, 0.15) is 19.8 Å². The van der Waals surface area contributed by atoms with Crippen LogP contribution in [-0.4, -0.2) is 59.4 Å². The Morgan fingerprint density at radius 1 is 1.24 bits per heavy atom. The van der Waals surface area contributed by atoms with E-state index >= 15 is 0 Å². The lowest BCUT2D eigenvalue weighted by molar-refractivity contribution is -0.203. The van der Waals surface area contributed by atoms with Crippen molar-refractivity contribution in [3.05, 3.63) is 0 Å². The summed E-state index contributed by atoms with van der Waals surface area (Å²) in [6, 6.07) is -1.34.